The number of anilines is 1. The van der Waals surface area contributed by atoms with Crippen LogP contribution in [0.3, 0.4) is 0 Å². The summed E-state index contributed by atoms with van der Waals surface area (Å²) in [4.78, 5) is 16.9. The first-order valence-electron chi connectivity index (χ1n) is 10.7. The van der Waals surface area contributed by atoms with Gasteiger partial charge in [0.05, 0.1) is 0 Å². The Bertz CT molecular complexity index is 1070. The number of carbonyl (C=O) groups excluding carboxylic acids is 1. The van der Waals surface area contributed by atoms with Crippen molar-refractivity contribution in [3.63, 3.8) is 0 Å². The number of ether oxygens (including phenoxy) is 1. The zero-order valence-corrected chi connectivity index (χ0v) is 18.3. The van der Waals surface area contributed by atoms with Gasteiger partial charge in [-0.2, -0.15) is 5.10 Å². The summed E-state index contributed by atoms with van der Waals surface area (Å²) in [6, 6.07) is 19.0. The molecule has 32 heavy (non-hydrogen) atoms. The van der Waals surface area contributed by atoms with Crippen molar-refractivity contribution in [1.29, 1.82) is 0 Å². The van der Waals surface area contributed by atoms with E-state index in [1.54, 1.807) is 18.3 Å². The van der Waals surface area contributed by atoms with Gasteiger partial charge in [0, 0.05) is 43.9 Å². The maximum absolute atomic E-state index is 12.5. The molecule has 2 atom stereocenters. The van der Waals surface area contributed by atoms with Crippen molar-refractivity contribution in [3.05, 3.63) is 77.4 Å². The van der Waals surface area contributed by atoms with Gasteiger partial charge in [0.25, 0.3) is 0 Å². The zero-order chi connectivity index (χ0) is 21.9. The molecule has 0 spiro atoms. The smallest absolute Gasteiger partial charge is 0.323 e. The van der Waals surface area contributed by atoms with E-state index in [1.807, 2.05) is 41.3 Å². The van der Waals surface area contributed by atoms with Crippen molar-refractivity contribution in [1.82, 2.24) is 20.0 Å². The minimum atomic E-state index is -0.0986. The Kier molecular flexibility index (Phi) is 5.92. The van der Waals surface area contributed by atoms with E-state index < -0.39 is 0 Å². The largest absolute Gasteiger partial charge is 0.457 e. The highest BCUT2D eigenvalue weighted by molar-refractivity contribution is 6.30. The maximum Gasteiger partial charge on any atom is 0.323 e. The van der Waals surface area contributed by atoms with Crippen LogP contribution in [-0.2, 0) is 6.54 Å². The number of carbonyl (C=O) groups is 1. The number of nitrogens with one attached hydrogen (secondary N) is 1. The lowest BCUT2D eigenvalue weighted by Gasteiger charge is -2.22. The molecule has 0 bridgehead atoms. The van der Waals surface area contributed by atoms with E-state index in [2.05, 4.69) is 32.5 Å². The highest BCUT2D eigenvalue weighted by Gasteiger charge is 2.41. The minimum absolute atomic E-state index is 0.0986. The number of hydrogen-bond donors (Lipinski definition) is 1. The Morgan fingerprint density at radius 1 is 1.00 bits per heavy atom. The number of hydrogen-bond acceptors (Lipinski definition) is 5. The van der Waals surface area contributed by atoms with Crippen molar-refractivity contribution in [3.8, 4) is 11.5 Å². The Labute approximate surface area is 192 Å². The standard InChI is InChI=1S/C24H24ClN5O2/c25-20-6-8-21(9-7-20)32-22-4-1-3-17(11-22)12-29-13-18-15-30(16-19(18)14-29)24(31)27-23-5-2-10-26-28-23/h1-11,18-19H,12-16H2,(H,27,28,31). The van der Waals surface area contributed by atoms with Gasteiger partial charge in [0.1, 0.15) is 11.5 Å². The van der Waals surface area contributed by atoms with Crippen LogP contribution in [0.2, 0.25) is 5.02 Å². The third kappa shape index (κ3) is 4.84. The molecule has 0 saturated carbocycles. The molecule has 5 rings (SSSR count). The first kappa shape index (κ1) is 20.7. The van der Waals surface area contributed by atoms with Gasteiger partial charge < -0.3 is 9.64 Å². The molecule has 3 aromatic rings. The number of nitrogens with zero attached hydrogens (tertiary/aromatic N) is 4. The molecule has 1 aromatic heterocycles. The van der Waals surface area contributed by atoms with Crippen LogP contribution in [0.4, 0.5) is 10.6 Å². The molecule has 3 heterocycles. The van der Waals surface area contributed by atoms with E-state index in [0.717, 1.165) is 44.2 Å². The van der Waals surface area contributed by atoms with Gasteiger partial charge in [-0.15, -0.1) is 5.10 Å². The third-order valence-electron chi connectivity index (χ3n) is 6.01. The number of amides is 2. The number of urea groups is 1. The van der Waals surface area contributed by atoms with Gasteiger partial charge in [-0.1, -0.05) is 23.7 Å². The van der Waals surface area contributed by atoms with Crippen LogP contribution in [0.15, 0.2) is 66.9 Å². The van der Waals surface area contributed by atoms with Crippen molar-refractivity contribution in [2.45, 2.75) is 6.54 Å². The molecule has 2 unspecified atom stereocenters. The Hall–Kier alpha value is -3.16. The van der Waals surface area contributed by atoms with Crippen LogP contribution in [-0.4, -0.2) is 52.2 Å². The van der Waals surface area contributed by atoms with Crippen molar-refractivity contribution in [2.75, 3.05) is 31.5 Å². The van der Waals surface area contributed by atoms with Gasteiger partial charge in [-0.3, -0.25) is 10.2 Å². The summed E-state index contributed by atoms with van der Waals surface area (Å²) in [5.41, 5.74) is 1.22. The molecule has 1 N–H and O–H groups in total. The topological polar surface area (TPSA) is 70.6 Å². The highest BCUT2D eigenvalue weighted by atomic mass is 35.5. The van der Waals surface area contributed by atoms with E-state index in [9.17, 15) is 4.79 Å². The molecule has 2 aliphatic rings. The second-order valence-corrected chi connectivity index (χ2v) is 8.80. The van der Waals surface area contributed by atoms with Crippen molar-refractivity contribution in [2.24, 2.45) is 11.8 Å². The summed E-state index contributed by atoms with van der Waals surface area (Å²) in [6.07, 6.45) is 1.59. The molecule has 2 aliphatic heterocycles. The van der Waals surface area contributed by atoms with Crippen LogP contribution >= 0.6 is 11.6 Å². The normalized spacial score (nSPS) is 20.2. The second-order valence-electron chi connectivity index (χ2n) is 8.36. The van der Waals surface area contributed by atoms with Crippen LogP contribution in [0.25, 0.3) is 0 Å². The fourth-order valence-corrected chi connectivity index (χ4v) is 4.67. The monoisotopic (exact) mass is 449 g/mol. The predicted octanol–water partition coefficient (Wildman–Crippen LogP) is 4.52. The lowest BCUT2D eigenvalue weighted by Crippen LogP contribution is -2.36. The number of likely N-dealkylation sites (tertiary alicyclic amines) is 2. The molecule has 2 saturated heterocycles. The Balaban J connectivity index is 1.14. The average molecular weight is 450 g/mol. The van der Waals surface area contributed by atoms with Crippen molar-refractivity contribution >= 4 is 23.4 Å². The zero-order valence-electron chi connectivity index (χ0n) is 17.5. The Morgan fingerprint density at radius 3 is 2.50 bits per heavy atom. The Morgan fingerprint density at radius 2 is 1.78 bits per heavy atom. The highest BCUT2D eigenvalue weighted by Crippen LogP contribution is 2.33. The first-order valence-corrected chi connectivity index (χ1v) is 11.1. The van der Waals surface area contributed by atoms with E-state index in [0.29, 0.717) is 22.7 Å². The van der Waals surface area contributed by atoms with Crippen molar-refractivity contribution < 1.29 is 9.53 Å². The molecule has 2 fully saturated rings. The maximum atomic E-state index is 12.5. The fourth-order valence-electron chi connectivity index (χ4n) is 4.55. The second kappa shape index (κ2) is 9.14. The molecule has 8 heteroatoms. The third-order valence-corrected chi connectivity index (χ3v) is 6.26. The molecule has 164 valence electrons. The lowest BCUT2D eigenvalue weighted by atomic mass is 10.0. The molecule has 7 nitrogen and oxygen atoms in total. The van der Waals surface area contributed by atoms with Gasteiger partial charge >= 0.3 is 6.03 Å². The van der Waals surface area contributed by atoms with E-state index in [-0.39, 0.29) is 6.03 Å². The molecular weight excluding hydrogens is 426 g/mol. The molecule has 2 aromatic carbocycles. The van der Waals surface area contributed by atoms with Crippen LogP contribution in [0.5, 0.6) is 11.5 Å². The molecule has 2 amide bonds. The predicted molar refractivity (Wildman–Crippen MR) is 123 cm³/mol. The number of aromatic nitrogens is 2. The van der Waals surface area contributed by atoms with Gasteiger partial charge in [0.2, 0.25) is 0 Å². The first-order chi connectivity index (χ1) is 15.6. The SMILES string of the molecule is O=C(Nc1cccnn1)N1CC2CN(Cc3cccc(Oc4ccc(Cl)cc4)c3)CC2C1. The van der Waals surface area contributed by atoms with Crippen LogP contribution in [0, 0.1) is 11.8 Å². The van der Waals surface area contributed by atoms with E-state index >= 15 is 0 Å². The summed E-state index contributed by atoms with van der Waals surface area (Å²) < 4.78 is 5.96. The summed E-state index contributed by atoms with van der Waals surface area (Å²) in [7, 11) is 0. The molecule has 0 aliphatic carbocycles. The summed E-state index contributed by atoms with van der Waals surface area (Å²) in [5.74, 6) is 3.06. The molecular formula is C24H24ClN5O2. The fraction of sp³-hybridized carbons (Fsp3) is 0.292. The lowest BCUT2D eigenvalue weighted by molar-refractivity contribution is 0.211. The summed E-state index contributed by atoms with van der Waals surface area (Å²) >= 11 is 5.95. The number of benzene rings is 2. The number of fused-ring (bicyclic) bond motifs is 1. The quantitative estimate of drug-likeness (QED) is 0.620. The number of halogens is 1. The van der Waals surface area contributed by atoms with Gasteiger partial charge in [-0.25, -0.2) is 4.79 Å². The average Bonchev–Trinajstić information content (AvgIpc) is 3.35. The molecule has 0 radical (unpaired) electrons. The summed E-state index contributed by atoms with van der Waals surface area (Å²) in [5, 5.41) is 11.2. The summed E-state index contributed by atoms with van der Waals surface area (Å²) in [6.45, 7) is 4.39. The van der Waals surface area contributed by atoms with Crippen LogP contribution < -0.4 is 10.1 Å². The number of rotatable bonds is 5. The van der Waals surface area contributed by atoms with Crippen LogP contribution in [0.1, 0.15) is 5.56 Å². The minimum Gasteiger partial charge on any atom is -0.457 e. The van der Waals surface area contributed by atoms with Gasteiger partial charge in [0.15, 0.2) is 5.82 Å². The van der Waals surface area contributed by atoms with Gasteiger partial charge in [-0.05, 0) is 65.9 Å². The van der Waals surface area contributed by atoms with E-state index in [4.69, 9.17) is 16.3 Å². The van der Waals surface area contributed by atoms with E-state index in [1.165, 1.54) is 5.56 Å².